The lowest BCUT2D eigenvalue weighted by atomic mass is 10.3. The van der Waals surface area contributed by atoms with E-state index in [2.05, 4.69) is 4.98 Å². The molecule has 5 heteroatoms. The third-order valence-corrected chi connectivity index (χ3v) is 1.99. The molecule has 4 nitrogen and oxygen atoms in total. The van der Waals surface area contributed by atoms with Crippen LogP contribution in [0.5, 0.6) is 0 Å². The highest BCUT2D eigenvalue weighted by molar-refractivity contribution is 5.43. The van der Waals surface area contributed by atoms with Gasteiger partial charge in [0.1, 0.15) is 0 Å². The van der Waals surface area contributed by atoms with E-state index in [-0.39, 0.29) is 6.61 Å². The number of ether oxygens (including phenoxy) is 1. The van der Waals surface area contributed by atoms with Crippen LogP contribution in [0.3, 0.4) is 0 Å². The second kappa shape index (κ2) is 5.63. The van der Waals surface area contributed by atoms with E-state index in [1.165, 1.54) is 19.4 Å². The highest BCUT2D eigenvalue weighted by Gasteiger charge is 2.09. The van der Waals surface area contributed by atoms with Gasteiger partial charge in [0.2, 0.25) is 5.95 Å². The fourth-order valence-electron chi connectivity index (χ4n) is 1.30. The SMILES string of the molecule is COCC(O)CN(C)c1ccnc(F)c1. The van der Waals surface area contributed by atoms with Crippen molar-refractivity contribution in [1.29, 1.82) is 0 Å². The van der Waals surface area contributed by atoms with Crippen molar-refractivity contribution in [2.24, 2.45) is 0 Å². The number of halogens is 1. The zero-order valence-corrected chi connectivity index (χ0v) is 8.85. The molecule has 0 amide bonds. The van der Waals surface area contributed by atoms with Crippen LogP contribution in [0.25, 0.3) is 0 Å². The maximum atomic E-state index is 12.8. The number of rotatable bonds is 5. The molecule has 1 aromatic heterocycles. The summed E-state index contributed by atoms with van der Waals surface area (Å²) in [6.45, 7) is 0.648. The Morgan fingerprint density at radius 3 is 3.00 bits per heavy atom. The van der Waals surface area contributed by atoms with Crippen LogP contribution in [0.1, 0.15) is 0 Å². The van der Waals surface area contributed by atoms with Gasteiger partial charge in [0.25, 0.3) is 0 Å². The highest BCUT2D eigenvalue weighted by atomic mass is 19.1. The number of likely N-dealkylation sites (N-methyl/N-ethyl adjacent to an activating group) is 1. The Hall–Kier alpha value is -1.20. The molecule has 0 fully saturated rings. The molecule has 0 bridgehead atoms. The van der Waals surface area contributed by atoms with Gasteiger partial charge in [-0.2, -0.15) is 4.39 Å². The second-order valence-corrected chi connectivity index (χ2v) is 3.33. The summed E-state index contributed by atoms with van der Waals surface area (Å²) >= 11 is 0. The molecule has 1 N–H and O–H groups in total. The summed E-state index contributed by atoms with van der Waals surface area (Å²) in [6, 6.07) is 3.00. The van der Waals surface area contributed by atoms with Gasteiger partial charge in [-0.15, -0.1) is 0 Å². The first-order valence-electron chi connectivity index (χ1n) is 4.63. The molecule has 1 unspecified atom stereocenters. The first-order valence-corrected chi connectivity index (χ1v) is 4.63. The van der Waals surface area contributed by atoms with E-state index in [0.29, 0.717) is 12.2 Å². The number of methoxy groups -OCH3 is 1. The number of aliphatic hydroxyl groups excluding tert-OH is 1. The molecule has 0 radical (unpaired) electrons. The van der Waals surface area contributed by atoms with Crippen molar-refractivity contribution in [1.82, 2.24) is 4.98 Å². The summed E-state index contributed by atoms with van der Waals surface area (Å²) in [5.74, 6) is -0.527. The summed E-state index contributed by atoms with van der Waals surface area (Å²) in [5, 5.41) is 9.47. The van der Waals surface area contributed by atoms with Crippen LogP contribution in [0.2, 0.25) is 0 Å². The molecular weight excluding hydrogens is 199 g/mol. The second-order valence-electron chi connectivity index (χ2n) is 3.33. The molecule has 0 saturated carbocycles. The number of anilines is 1. The van der Waals surface area contributed by atoms with Crippen molar-refractivity contribution < 1.29 is 14.2 Å². The Bertz CT molecular complexity index is 309. The van der Waals surface area contributed by atoms with Crippen molar-refractivity contribution in [3.8, 4) is 0 Å². The minimum absolute atomic E-state index is 0.262. The molecule has 0 aliphatic rings. The lowest BCUT2D eigenvalue weighted by molar-refractivity contribution is 0.0695. The van der Waals surface area contributed by atoms with Crippen molar-refractivity contribution >= 4 is 5.69 Å². The van der Waals surface area contributed by atoms with Crippen molar-refractivity contribution in [2.45, 2.75) is 6.10 Å². The molecule has 0 saturated heterocycles. The lowest BCUT2D eigenvalue weighted by Gasteiger charge is -2.22. The molecule has 84 valence electrons. The number of aliphatic hydroxyl groups is 1. The van der Waals surface area contributed by atoms with Gasteiger partial charge >= 0.3 is 0 Å². The molecule has 1 heterocycles. The topological polar surface area (TPSA) is 45.6 Å². The maximum absolute atomic E-state index is 12.8. The number of nitrogens with zero attached hydrogens (tertiary/aromatic N) is 2. The minimum atomic E-state index is -0.587. The first-order chi connectivity index (χ1) is 7.13. The van der Waals surface area contributed by atoms with Crippen LogP contribution in [0.4, 0.5) is 10.1 Å². The summed E-state index contributed by atoms with van der Waals surface area (Å²) < 4.78 is 17.6. The number of hydrogen-bond acceptors (Lipinski definition) is 4. The summed E-state index contributed by atoms with van der Waals surface area (Å²) in [7, 11) is 3.29. The van der Waals surface area contributed by atoms with E-state index in [9.17, 15) is 9.50 Å². The molecule has 0 aliphatic carbocycles. The van der Waals surface area contributed by atoms with Gasteiger partial charge in [-0.1, -0.05) is 0 Å². The predicted molar refractivity (Wildman–Crippen MR) is 55.3 cm³/mol. The average molecular weight is 214 g/mol. The quantitative estimate of drug-likeness (QED) is 0.731. The predicted octanol–water partition coefficient (Wildman–Crippen LogP) is 0.664. The molecule has 1 aromatic rings. The fourth-order valence-corrected chi connectivity index (χ4v) is 1.30. The maximum Gasteiger partial charge on any atom is 0.214 e. The zero-order valence-electron chi connectivity index (χ0n) is 8.85. The van der Waals surface area contributed by atoms with Crippen LogP contribution in [0.15, 0.2) is 18.3 Å². The molecule has 1 rings (SSSR count). The largest absolute Gasteiger partial charge is 0.389 e. The van der Waals surface area contributed by atoms with E-state index in [1.54, 1.807) is 18.0 Å². The van der Waals surface area contributed by atoms with Gasteiger partial charge in [-0.25, -0.2) is 4.98 Å². The van der Waals surface area contributed by atoms with Gasteiger partial charge in [0.15, 0.2) is 0 Å². The van der Waals surface area contributed by atoms with Crippen LogP contribution in [0, 0.1) is 5.95 Å². The highest BCUT2D eigenvalue weighted by Crippen LogP contribution is 2.12. The van der Waals surface area contributed by atoms with E-state index in [4.69, 9.17) is 4.74 Å². The van der Waals surface area contributed by atoms with E-state index < -0.39 is 12.1 Å². The Morgan fingerprint density at radius 1 is 1.67 bits per heavy atom. The number of pyridine rings is 1. The van der Waals surface area contributed by atoms with Gasteiger partial charge in [0.05, 0.1) is 12.7 Å². The van der Waals surface area contributed by atoms with Crippen molar-refractivity contribution in [3.05, 3.63) is 24.3 Å². The van der Waals surface area contributed by atoms with Crippen LogP contribution in [-0.4, -0.2) is 43.5 Å². The monoisotopic (exact) mass is 214 g/mol. The van der Waals surface area contributed by atoms with Gasteiger partial charge in [-0.05, 0) is 6.07 Å². The van der Waals surface area contributed by atoms with E-state index >= 15 is 0 Å². The van der Waals surface area contributed by atoms with Gasteiger partial charge in [-0.3, -0.25) is 0 Å². The summed E-state index contributed by atoms with van der Waals surface area (Å²) in [4.78, 5) is 5.20. The smallest absolute Gasteiger partial charge is 0.214 e. The van der Waals surface area contributed by atoms with E-state index in [0.717, 1.165) is 0 Å². The Balaban J connectivity index is 2.56. The standard InChI is InChI=1S/C10H15FN2O2/c1-13(6-9(14)7-15-2)8-3-4-12-10(11)5-8/h3-5,9,14H,6-7H2,1-2H3. The van der Waals surface area contributed by atoms with Crippen molar-refractivity contribution in [2.75, 3.05) is 32.2 Å². The summed E-state index contributed by atoms with van der Waals surface area (Å²) in [6.07, 6.45) is 0.806. The Morgan fingerprint density at radius 2 is 2.40 bits per heavy atom. The molecule has 0 aliphatic heterocycles. The Kier molecular flexibility index (Phi) is 4.45. The van der Waals surface area contributed by atoms with Crippen LogP contribution in [-0.2, 0) is 4.74 Å². The van der Waals surface area contributed by atoms with Crippen LogP contribution < -0.4 is 4.90 Å². The van der Waals surface area contributed by atoms with Crippen LogP contribution >= 0.6 is 0 Å². The Labute approximate surface area is 88.3 Å². The van der Waals surface area contributed by atoms with Gasteiger partial charge < -0.3 is 14.7 Å². The lowest BCUT2D eigenvalue weighted by Crippen LogP contribution is -2.31. The first kappa shape index (κ1) is 11.9. The zero-order chi connectivity index (χ0) is 11.3. The molecule has 1 atom stereocenters. The third-order valence-electron chi connectivity index (χ3n) is 1.99. The normalized spacial score (nSPS) is 12.5. The molecule has 0 spiro atoms. The molecule has 0 aromatic carbocycles. The minimum Gasteiger partial charge on any atom is -0.389 e. The van der Waals surface area contributed by atoms with Crippen molar-refractivity contribution in [3.63, 3.8) is 0 Å². The fraction of sp³-hybridized carbons (Fsp3) is 0.500. The van der Waals surface area contributed by atoms with E-state index in [1.807, 2.05) is 0 Å². The third kappa shape index (κ3) is 3.81. The molecular formula is C10H15FN2O2. The van der Waals surface area contributed by atoms with Gasteiger partial charge in [0, 0.05) is 38.7 Å². The average Bonchev–Trinajstić information content (AvgIpc) is 2.18. The summed E-state index contributed by atoms with van der Waals surface area (Å²) in [5.41, 5.74) is 0.678. The number of aromatic nitrogens is 1. The number of hydrogen-bond donors (Lipinski definition) is 1. The molecule has 15 heavy (non-hydrogen) atoms.